The molecular weight excluding hydrogens is 260 g/mol. The molecule has 0 unspecified atom stereocenters. The lowest BCUT2D eigenvalue weighted by Crippen LogP contribution is -2.37. The van der Waals surface area contributed by atoms with Crippen LogP contribution in [-0.2, 0) is 6.54 Å². The van der Waals surface area contributed by atoms with E-state index in [4.69, 9.17) is 4.74 Å². The first-order valence-electron chi connectivity index (χ1n) is 7.64. The van der Waals surface area contributed by atoms with Gasteiger partial charge in [0.05, 0.1) is 0 Å². The van der Waals surface area contributed by atoms with Crippen molar-refractivity contribution in [2.45, 2.75) is 32.4 Å². The molecule has 1 aliphatic heterocycles. The maximum Gasteiger partial charge on any atom is 0.119 e. The van der Waals surface area contributed by atoms with E-state index in [2.05, 4.69) is 53.2 Å². The van der Waals surface area contributed by atoms with Crippen LogP contribution < -0.4 is 4.74 Å². The molecule has 0 atom stereocenters. The van der Waals surface area contributed by atoms with Gasteiger partial charge < -0.3 is 4.74 Å². The minimum atomic E-state index is 0.349. The molecule has 0 N–H and O–H groups in total. The fourth-order valence-corrected chi connectivity index (χ4v) is 2.74. The van der Waals surface area contributed by atoms with E-state index in [0.29, 0.717) is 6.10 Å². The highest BCUT2D eigenvalue weighted by Gasteiger charge is 2.20. The maximum absolute atomic E-state index is 6.07. The molecule has 1 aromatic carbocycles. The molecule has 0 bridgehead atoms. The van der Waals surface area contributed by atoms with E-state index < -0.39 is 0 Å². The molecule has 1 aliphatic rings. The van der Waals surface area contributed by atoms with Gasteiger partial charge in [0.25, 0.3) is 0 Å². The zero-order valence-corrected chi connectivity index (χ0v) is 12.5. The number of hydrogen-bond acceptors (Lipinski definition) is 3. The summed E-state index contributed by atoms with van der Waals surface area (Å²) in [5, 5.41) is 0. The summed E-state index contributed by atoms with van der Waals surface area (Å²) in [4.78, 5) is 6.56. The van der Waals surface area contributed by atoms with Crippen molar-refractivity contribution < 1.29 is 4.74 Å². The monoisotopic (exact) mass is 282 g/mol. The van der Waals surface area contributed by atoms with Crippen molar-refractivity contribution in [2.24, 2.45) is 0 Å². The van der Waals surface area contributed by atoms with Crippen LogP contribution in [0.3, 0.4) is 0 Å². The highest BCUT2D eigenvalue weighted by molar-refractivity contribution is 5.26. The second-order valence-electron chi connectivity index (χ2n) is 5.76. The minimum Gasteiger partial charge on any atom is -0.490 e. The van der Waals surface area contributed by atoms with Crippen LogP contribution in [0.5, 0.6) is 5.75 Å². The van der Waals surface area contributed by atoms with Crippen LogP contribution in [0.15, 0.2) is 48.8 Å². The molecule has 21 heavy (non-hydrogen) atoms. The van der Waals surface area contributed by atoms with Crippen molar-refractivity contribution in [2.75, 3.05) is 13.1 Å². The maximum atomic E-state index is 6.07. The predicted octanol–water partition coefficient (Wildman–Crippen LogP) is 3.43. The van der Waals surface area contributed by atoms with Crippen molar-refractivity contribution in [3.63, 3.8) is 0 Å². The van der Waals surface area contributed by atoms with Gasteiger partial charge in [0.15, 0.2) is 0 Å². The Hall–Kier alpha value is -1.87. The Bertz CT molecular complexity index is 545. The smallest absolute Gasteiger partial charge is 0.119 e. The molecule has 0 radical (unpaired) electrons. The van der Waals surface area contributed by atoms with Crippen molar-refractivity contribution in [3.05, 3.63) is 59.9 Å². The quantitative estimate of drug-likeness (QED) is 0.859. The van der Waals surface area contributed by atoms with Crippen molar-refractivity contribution in [1.82, 2.24) is 9.88 Å². The average Bonchev–Trinajstić information content (AvgIpc) is 2.53. The largest absolute Gasteiger partial charge is 0.490 e. The molecule has 3 heteroatoms. The van der Waals surface area contributed by atoms with Gasteiger partial charge in [0, 0.05) is 32.0 Å². The zero-order chi connectivity index (χ0) is 14.5. The number of rotatable bonds is 4. The summed E-state index contributed by atoms with van der Waals surface area (Å²) < 4.78 is 6.07. The van der Waals surface area contributed by atoms with Crippen LogP contribution >= 0.6 is 0 Å². The lowest BCUT2D eigenvalue weighted by molar-refractivity contribution is 0.0968. The Balaban J connectivity index is 1.47. The van der Waals surface area contributed by atoms with Gasteiger partial charge in [-0.15, -0.1) is 0 Å². The summed E-state index contributed by atoms with van der Waals surface area (Å²) in [7, 11) is 0. The third-order valence-corrected chi connectivity index (χ3v) is 4.01. The number of piperidine rings is 1. The first kappa shape index (κ1) is 14.1. The van der Waals surface area contributed by atoms with E-state index in [9.17, 15) is 0 Å². The summed E-state index contributed by atoms with van der Waals surface area (Å²) in [5.74, 6) is 0.994. The Morgan fingerprint density at radius 2 is 1.71 bits per heavy atom. The Labute approximate surface area is 126 Å². The minimum absolute atomic E-state index is 0.349. The third kappa shape index (κ3) is 4.05. The lowest BCUT2D eigenvalue weighted by Gasteiger charge is -2.32. The molecule has 1 fully saturated rings. The number of likely N-dealkylation sites (tertiary alicyclic amines) is 1. The third-order valence-electron chi connectivity index (χ3n) is 4.01. The van der Waals surface area contributed by atoms with Gasteiger partial charge in [-0.25, -0.2) is 0 Å². The second-order valence-corrected chi connectivity index (χ2v) is 5.76. The highest BCUT2D eigenvalue weighted by Crippen LogP contribution is 2.20. The topological polar surface area (TPSA) is 25.4 Å². The van der Waals surface area contributed by atoms with Crippen LogP contribution in [0.4, 0.5) is 0 Å². The van der Waals surface area contributed by atoms with E-state index in [1.807, 2.05) is 12.4 Å². The first-order chi connectivity index (χ1) is 10.3. The van der Waals surface area contributed by atoms with E-state index in [1.165, 1.54) is 11.1 Å². The zero-order valence-electron chi connectivity index (χ0n) is 12.5. The van der Waals surface area contributed by atoms with Gasteiger partial charge in [-0.3, -0.25) is 9.88 Å². The summed E-state index contributed by atoms with van der Waals surface area (Å²) >= 11 is 0. The van der Waals surface area contributed by atoms with Gasteiger partial charge in [0.2, 0.25) is 0 Å². The van der Waals surface area contributed by atoms with Crippen LogP contribution in [0.2, 0.25) is 0 Å². The molecule has 0 saturated carbocycles. The average molecular weight is 282 g/mol. The summed E-state index contributed by atoms with van der Waals surface area (Å²) in [6, 6.07) is 12.5. The van der Waals surface area contributed by atoms with Crippen LogP contribution in [0.1, 0.15) is 24.0 Å². The van der Waals surface area contributed by atoms with E-state index in [-0.39, 0.29) is 0 Å². The molecule has 2 heterocycles. The van der Waals surface area contributed by atoms with Crippen molar-refractivity contribution in [1.29, 1.82) is 0 Å². The molecular formula is C18H22N2O. The van der Waals surface area contributed by atoms with Gasteiger partial charge in [-0.2, -0.15) is 0 Å². The normalized spacial score (nSPS) is 16.8. The second kappa shape index (κ2) is 6.72. The Morgan fingerprint density at radius 1 is 1.05 bits per heavy atom. The van der Waals surface area contributed by atoms with Crippen LogP contribution in [0.25, 0.3) is 0 Å². The van der Waals surface area contributed by atoms with E-state index >= 15 is 0 Å². The summed E-state index contributed by atoms with van der Waals surface area (Å²) in [5.41, 5.74) is 2.61. The fraction of sp³-hybridized carbons (Fsp3) is 0.389. The molecule has 110 valence electrons. The summed E-state index contributed by atoms with van der Waals surface area (Å²) in [6.45, 7) is 5.30. The van der Waals surface area contributed by atoms with Gasteiger partial charge >= 0.3 is 0 Å². The number of benzene rings is 1. The Kier molecular flexibility index (Phi) is 4.51. The number of ether oxygens (including phenoxy) is 1. The molecule has 0 amide bonds. The molecule has 1 saturated heterocycles. The lowest BCUT2D eigenvalue weighted by atomic mass is 10.1. The van der Waals surface area contributed by atoms with Gasteiger partial charge in [-0.05, 0) is 49.6 Å². The van der Waals surface area contributed by atoms with Crippen LogP contribution in [-0.4, -0.2) is 29.1 Å². The van der Waals surface area contributed by atoms with Gasteiger partial charge in [-0.1, -0.05) is 17.7 Å². The van der Waals surface area contributed by atoms with E-state index in [1.54, 1.807) is 0 Å². The standard InChI is InChI=1S/C18H22N2O/c1-15-2-4-17(5-3-15)21-18-8-12-20(13-9-18)14-16-6-10-19-11-7-16/h2-7,10-11,18H,8-9,12-14H2,1H3. The predicted molar refractivity (Wildman–Crippen MR) is 84.3 cm³/mol. The van der Waals surface area contributed by atoms with Crippen molar-refractivity contribution >= 4 is 0 Å². The van der Waals surface area contributed by atoms with Gasteiger partial charge in [0.1, 0.15) is 11.9 Å². The molecule has 0 aliphatic carbocycles. The fourth-order valence-electron chi connectivity index (χ4n) is 2.74. The van der Waals surface area contributed by atoms with Crippen molar-refractivity contribution in [3.8, 4) is 5.75 Å². The number of aromatic nitrogens is 1. The van der Waals surface area contributed by atoms with E-state index in [0.717, 1.165) is 38.2 Å². The number of hydrogen-bond donors (Lipinski definition) is 0. The highest BCUT2D eigenvalue weighted by atomic mass is 16.5. The first-order valence-corrected chi connectivity index (χ1v) is 7.64. The Morgan fingerprint density at radius 3 is 2.38 bits per heavy atom. The SMILES string of the molecule is Cc1ccc(OC2CCN(Cc3ccncc3)CC2)cc1. The molecule has 0 spiro atoms. The van der Waals surface area contributed by atoms with Crippen LogP contribution in [0, 0.1) is 6.92 Å². The summed E-state index contributed by atoms with van der Waals surface area (Å²) in [6.07, 6.45) is 6.27. The molecule has 3 nitrogen and oxygen atoms in total. The number of aryl methyl sites for hydroxylation is 1. The molecule has 2 aromatic rings. The number of nitrogens with zero attached hydrogens (tertiary/aromatic N) is 2. The molecule has 1 aromatic heterocycles. The molecule has 3 rings (SSSR count). The number of pyridine rings is 1.